The van der Waals surface area contributed by atoms with E-state index in [1.807, 2.05) is 0 Å². The first kappa shape index (κ1) is 21.0. The van der Waals surface area contributed by atoms with Crippen LogP contribution in [0, 0.1) is 10.1 Å². The average molecular weight is 493 g/mol. The molecule has 14 heteroatoms. The summed E-state index contributed by atoms with van der Waals surface area (Å²) in [6.07, 6.45) is -4.74. The molecule has 5 rings (SSSR count). The third-order valence-electron chi connectivity index (χ3n) is 4.56. The van der Waals surface area contributed by atoms with Gasteiger partial charge < -0.3 is 4.52 Å². The van der Waals surface area contributed by atoms with Gasteiger partial charge in [0, 0.05) is 17.7 Å². The van der Waals surface area contributed by atoms with E-state index in [0.29, 0.717) is 15.0 Å². The van der Waals surface area contributed by atoms with Gasteiger partial charge in [-0.25, -0.2) is 9.50 Å². The Balaban J connectivity index is 1.62. The maximum absolute atomic E-state index is 13.8. The molecule has 0 amide bonds. The van der Waals surface area contributed by atoms with Crippen molar-refractivity contribution in [3.8, 4) is 33.5 Å². The Morgan fingerprint density at radius 1 is 1.15 bits per heavy atom. The van der Waals surface area contributed by atoms with Crippen LogP contribution in [-0.4, -0.2) is 29.7 Å². The van der Waals surface area contributed by atoms with Gasteiger partial charge in [-0.2, -0.15) is 23.3 Å². The number of benzene rings is 1. The van der Waals surface area contributed by atoms with E-state index in [2.05, 4.69) is 20.2 Å². The Kier molecular flexibility index (Phi) is 4.87. The number of alkyl halides is 3. The topological polar surface area (TPSA) is 112 Å². The predicted octanol–water partition coefficient (Wildman–Crippen LogP) is 5.76. The van der Waals surface area contributed by atoms with Crippen LogP contribution in [-0.2, 0) is 6.18 Å². The van der Waals surface area contributed by atoms with E-state index in [1.54, 1.807) is 17.5 Å². The molecule has 0 aliphatic carbocycles. The van der Waals surface area contributed by atoms with Crippen molar-refractivity contribution in [1.82, 2.24) is 24.7 Å². The van der Waals surface area contributed by atoms with E-state index in [9.17, 15) is 23.3 Å². The fourth-order valence-electron chi connectivity index (χ4n) is 3.05. The minimum atomic E-state index is -4.74. The van der Waals surface area contributed by atoms with Gasteiger partial charge in [-0.1, -0.05) is 22.8 Å². The number of aromatic nitrogens is 5. The molecule has 0 radical (unpaired) electrons. The fraction of sp³-hybridized carbons (Fsp3) is 0.0526. The first-order valence-electron chi connectivity index (χ1n) is 9.01. The highest BCUT2D eigenvalue weighted by Gasteiger charge is 2.37. The smallest absolute Gasteiger partial charge is 0.332 e. The molecule has 5 aromatic rings. The minimum absolute atomic E-state index is 0.0521. The molecule has 0 saturated carbocycles. The summed E-state index contributed by atoms with van der Waals surface area (Å²) in [4.78, 5) is 19.2. The van der Waals surface area contributed by atoms with Gasteiger partial charge in [-0.3, -0.25) is 10.1 Å². The van der Waals surface area contributed by atoms with Gasteiger partial charge in [0.2, 0.25) is 5.82 Å². The van der Waals surface area contributed by atoms with Crippen LogP contribution in [0.4, 0.5) is 18.9 Å². The van der Waals surface area contributed by atoms with Gasteiger partial charge in [0.05, 0.1) is 15.5 Å². The molecule has 0 atom stereocenters. The van der Waals surface area contributed by atoms with E-state index in [4.69, 9.17) is 16.1 Å². The average Bonchev–Trinajstić information content (AvgIpc) is 3.53. The summed E-state index contributed by atoms with van der Waals surface area (Å²) in [5.74, 6) is -0.180. The highest BCUT2D eigenvalue weighted by molar-refractivity contribution is 7.13. The number of nitrogens with zero attached hydrogens (tertiary/aromatic N) is 6. The Hall–Kier alpha value is -3.84. The van der Waals surface area contributed by atoms with Gasteiger partial charge >= 0.3 is 6.18 Å². The Bertz CT molecular complexity index is 1500. The lowest BCUT2D eigenvalue weighted by molar-refractivity contribution is -0.384. The van der Waals surface area contributed by atoms with Gasteiger partial charge in [-0.05, 0) is 29.6 Å². The number of non-ortho nitro benzene ring substituents is 1. The Labute approximate surface area is 190 Å². The Morgan fingerprint density at radius 3 is 2.55 bits per heavy atom. The van der Waals surface area contributed by atoms with Gasteiger partial charge in [-0.15, -0.1) is 11.3 Å². The number of thiophene rings is 1. The summed E-state index contributed by atoms with van der Waals surface area (Å²) in [5.41, 5.74) is -1.11. The summed E-state index contributed by atoms with van der Waals surface area (Å²) in [6.45, 7) is 0. The first-order valence-corrected chi connectivity index (χ1v) is 10.3. The van der Waals surface area contributed by atoms with Crippen molar-refractivity contribution in [1.29, 1.82) is 0 Å². The van der Waals surface area contributed by atoms with Crippen molar-refractivity contribution in [3.05, 3.63) is 68.7 Å². The molecular weight excluding hydrogens is 485 g/mol. The maximum atomic E-state index is 13.8. The van der Waals surface area contributed by atoms with Crippen LogP contribution >= 0.6 is 22.9 Å². The van der Waals surface area contributed by atoms with Crippen molar-refractivity contribution in [2.24, 2.45) is 0 Å². The van der Waals surface area contributed by atoms with E-state index in [0.717, 1.165) is 6.07 Å². The number of hydrogen-bond donors (Lipinski definition) is 0. The zero-order chi connectivity index (χ0) is 23.3. The first-order chi connectivity index (χ1) is 15.7. The molecule has 0 aliphatic rings. The van der Waals surface area contributed by atoms with Crippen LogP contribution in [0.1, 0.15) is 5.69 Å². The van der Waals surface area contributed by atoms with Crippen LogP contribution in [0.2, 0.25) is 5.02 Å². The largest absolute Gasteiger partial charge is 0.433 e. The number of halogens is 4. The van der Waals surface area contributed by atoms with Crippen molar-refractivity contribution in [3.63, 3.8) is 0 Å². The molecule has 33 heavy (non-hydrogen) atoms. The second kappa shape index (κ2) is 7.64. The molecule has 9 nitrogen and oxygen atoms in total. The number of hydrogen-bond acceptors (Lipinski definition) is 8. The highest BCUT2D eigenvalue weighted by Crippen LogP contribution is 2.37. The van der Waals surface area contributed by atoms with Crippen LogP contribution in [0.5, 0.6) is 0 Å². The lowest BCUT2D eigenvalue weighted by atomic mass is 10.2. The zero-order valence-electron chi connectivity index (χ0n) is 15.9. The standard InChI is InChI=1S/C19H8ClF3N6O3S/c20-14-15(18-25-16(27-32-18)9-3-5-10(6-4-9)29(30)31)26-28-13(19(21,22)23)8-11(24-17(14)28)12-2-1-7-33-12/h1-8H. The predicted molar refractivity (Wildman–Crippen MR) is 112 cm³/mol. The van der Waals surface area contributed by atoms with E-state index >= 15 is 0 Å². The third kappa shape index (κ3) is 3.70. The number of nitro benzene ring substituents is 1. The van der Waals surface area contributed by atoms with Crippen molar-refractivity contribution < 1.29 is 22.6 Å². The quantitative estimate of drug-likeness (QED) is 0.232. The van der Waals surface area contributed by atoms with Crippen LogP contribution < -0.4 is 0 Å². The third-order valence-corrected chi connectivity index (χ3v) is 5.80. The van der Waals surface area contributed by atoms with E-state index in [-0.39, 0.29) is 39.5 Å². The van der Waals surface area contributed by atoms with Crippen molar-refractivity contribution in [2.75, 3.05) is 0 Å². The molecule has 0 spiro atoms. The molecular formula is C19H8ClF3N6O3S. The van der Waals surface area contributed by atoms with Crippen molar-refractivity contribution in [2.45, 2.75) is 6.18 Å². The van der Waals surface area contributed by atoms with Crippen molar-refractivity contribution >= 4 is 34.3 Å². The minimum Gasteiger partial charge on any atom is -0.332 e. The lowest BCUT2D eigenvalue weighted by Crippen LogP contribution is -2.13. The summed E-state index contributed by atoms with van der Waals surface area (Å²) < 4.78 is 47.1. The molecule has 0 aliphatic heterocycles. The highest BCUT2D eigenvalue weighted by atomic mass is 35.5. The van der Waals surface area contributed by atoms with E-state index < -0.39 is 16.8 Å². The lowest BCUT2D eigenvalue weighted by Gasteiger charge is -2.10. The second-order valence-corrected chi connectivity index (χ2v) is 7.95. The molecule has 0 bridgehead atoms. The van der Waals surface area contributed by atoms with Crippen LogP contribution in [0.15, 0.2) is 52.4 Å². The number of nitro groups is 1. The molecule has 0 N–H and O–H groups in total. The normalized spacial score (nSPS) is 11.9. The fourth-order valence-corrected chi connectivity index (χ4v) is 3.98. The van der Waals surface area contributed by atoms with Gasteiger partial charge in [0.15, 0.2) is 17.0 Å². The SMILES string of the molecule is O=[N+]([O-])c1ccc(-c2noc(-c3nn4c(C(F)(F)F)cc(-c5cccs5)nc4c3Cl)n2)cc1. The summed E-state index contributed by atoms with van der Waals surface area (Å²) >= 11 is 7.58. The monoisotopic (exact) mass is 492 g/mol. The summed E-state index contributed by atoms with van der Waals surface area (Å²) in [5, 5.41) is 20.0. The number of fused-ring (bicyclic) bond motifs is 1. The maximum Gasteiger partial charge on any atom is 0.433 e. The van der Waals surface area contributed by atoms with E-state index in [1.165, 1.54) is 35.6 Å². The van der Waals surface area contributed by atoms with Gasteiger partial charge in [0.1, 0.15) is 5.02 Å². The number of rotatable bonds is 4. The van der Waals surface area contributed by atoms with Crippen LogP contribution in [0.3, 0.4) is 0 Å². The summed E-state index contributed by atoms with van der Waals surface area (Å²) in [7, 11) is 0. The molecule has 1 aromatic carbocycles. The molecule has 0 fully saturated rings. The Morgan fingerprint density at radius 2 is 1.91 bits per heavy atom. The van der Waals surface area contributed by atoms with Crippen LogP contribution in [0.25, 0.3) is 39.2 Å². The van der Waals surface area contributed by atoms with Gasteiger partial charge in [0.25, 0.3) is 11.6 Å². The molecule has 4 heterocycles. The molecule has 0 unspecified atom stereocenters. The second-order valence-electron chi connectivity index (χ2n) is 6.63. The molecule has 0 saturated heterocycles. The summed E-state index contributed by atoms with van der Waals surface area (Å²) in [6, 6.07) is 9.57. The zero-order valence-corrected chi connectivity index (χ0v) is 17.5. The molecule has 166 valence electrons. The molecule has 4 aromatic heterocycles.